The zero-order valence-corrected chi connectivity index (χ0v) is 47.1. The van der Waals surface area contributed by atoms with Crippen LogP contribution in [0.5, 0.6) is 0 Å². The van der Waals surface area contributed by atoms with Crippen molar-refractivity contribution < 1.29 is 48.6 Å². The van der Waals surface area contributed by atoms with Crippen molar-refractivity contribution in [3.05, 3.63) is 168 Å². The summed E-state index contributed by atoms with van der Waals surface area (Å²) in [6.07, 6.45) is 0.712. The predicted molar refractivity (Wildman–Crippen MR) is 312 cm³/mol. The van der Waals surface area contributed by atoms with Crippen molar-refractivity contribution in [2.45, 2.75) is 93.0 Å². The molecule has 79 heavy (non-hydrogen) atoms. The van der Waals surface area contributed by atoms with Gasteiger partial charge < -0.3 is 10.2 Å². The van der Waals surface area contributed by atoms with Gasteiger partial charge in [0.15, 0.2) is 0 Å². The molecule has 4 fully saturated rings. The van der Waals surface area contributed by atoms with Crippen molar-refractivity contribution in [1.29, 1.82) is 0 Å². The third-order valence-corrected chi connectivity index (χ3v) is 19.6. The number of amides is 8. The Balaban J connectivity index is 0.651. The second kappa shape index (κ2) is 24.5. The van der Waals surface area contributed by atoms with E-state index < -0.39 is 39.8 Å². The molecule has 0 spiro atoms. The molecule has 6 aromatic rings. The molecule has 6 atom stereocenters. The van der Waals surface area contributed by atoms with Crippen molar-refractivity contribution in [3.8, 4) is 0 Å². The summed E-state index contributed by atoms with van der Waals surface area (Å²) in [6.45, 7) is 1.74. The van der Waals surface area contributed by atoms with E-state index in [1.54, 1.807) is 79.0 Å². The lowest BCUT2D eigenvalue weighted by Gasteiger charge is -2.20. The number of hydrogen-bond donors (Lipinski definition) is 2. The Hall–Kier alpha value is -6.45. The van der Waals surface area contributed by atoms with Gasteiger partial charge in [-0.3, -0.25) is 43.3 Å². The van der Waals surface area contributed by atoms with Gasteiger partial charge in [-0.25, -0.2) is 14.7 Å². The van der Waals surface area contributed by atoms with E-state index in [-0.39, 0.29) is 78.5 Å². The Morgan fingerprint density at radius 2 is 0.709 bits per heavy atom. The summed E-state index contributed by atoms with van der Waals surface area (Å²) < 4.78 is 0. The summed E-state index contributed by atoms with van der Waals surface area (Å²) in [7, 11) is 0. The number of aliphatic hydroxyl groups excluding tert-OH is 2. The van der Waals surface area contributed by atoms with Crippen LogP contribution in [0.4, 0.5) is 22.7 Å². The smallest absolute Gasteiger partial charge is 0.247 e. The Morgan fingerprint density at radius 3 is 1.05 bits per heavy atom. The number of anilines is 4. The fourth-order valence-corrected chi connectivity index (χ4v) is 14.3. The maximum atomic E-state index is 13.5. The molecular weight excluding hydrogens is 1100 g/mol. The predicted octanol–water partition coefficient (Wildman–Crippen LogP) is 9.22. The largest absolute Gasteiger partial charge is 0.390 e. The van der Waals surface area contributed by atoms with Crippen LogP contribution in [0.2, 0.25) is 0 Å². The second-order valence-corrected chi connectivity index (χ2v) is 25.4. The Morgan fingerprint density at radius 1 is 0.405 bits per heavy atom. The van der Waals surface area contributed by atoms with E-state index in [0.717, 1.165) is 70.3 Å². The monoisotopic (exact) mass is 1150 g/mol. The van der Waals surface area contributed by atoms with Crippen LogP contribution in [0.15, 0.2) is 165 Å². The zero-order chi connectivity index (χ0) is 55.5. The molecule has 404 valence electrons. The lowest BCUT2D eigenvalue weighted by atomic mass is 10.0. The molecule has 6 aromatic carbocycles. The van der Waals surface area contributed by atoms with Crippen LogP contribution < -0.4 is 19.6 Å². The van der Waals surface area contributed by atoms with Gasteiger partial charge in [0.1, 0.15) is 0 Å². The fraction of sp³-hybridized carbons (Fsp3) is 0.267. The van der Waals surface area contributed by atoms with Gasteiger partial charge in [-0.2, -0.15) is 0 Å². The third kappa shape index (κ3) is 12.6. The standard InChI is InChI=1S/C60H54N4O10S5/c1-35-27-53(67)61(57(35)71)40-11-3-36(4-12-40)28-37-5-13-41(14-6-37)62-54(68)30-50(58(62)72)76-33-48(65)49(66)34-77-51-31-55(69)63(59(51)73)42-15-7-38(8-16-42)29-39-9-17-43(18-10-39)64-56(70)32-52(60(64)74)79-47-25-23-46(24-26-47)78-45-21-19-44(75-2)20-22-45/h3-26,35,48-52,65-66H,27-34H2,1-2H3/t35?,48-,49+,50?,51?,52?/m1/s1. The first-order valence-corrected chi connectivity index (χ1v) is 30.6. The second-order valence-electron chi connectivity index (χ2n) is 19.6. The molecule has 4 heterocycles. The average Bonchev–Trinajstić information content (AvgIpc) is 4.19. The van der Waals surface area contributed by atoms with Crippen molar-refractivity contribution >= 4 is 129 Å². The first kappa shape index (κ1) is 55.8. The molecule has 8 amide bonds. The van der Waals surface area contributed by atoms with Gasteiger partial charge in [-0.05, 0) is 138 Å². The molecule has 0 radical (unpaired) electrons. The fourth-order valence-electron chi connectivity index (χ4n) is 9.74. The molecule has 19 heteroatoms. The average molecular weight is 1150 g/mol. The molecule has 4 aliphatic heterocycles. The first-order chi connectivity index (χ1) is 38.1. The number of imide groups is 4. The molecule has 4 aliphatic rings. The van der Waals surface area contributed by atoms with Crippen LogP contribution in [-0.4, -0.2) is 103 Å². The van der Waals surface area contributed by atoms with Gasteiger partial charge in [0.2, 0.25) is 47.3 Å². The molecule has 2 N–H and O–H groups in total. The maximum Gasteiger partial charge on any atom is 0.247 e. The zero-order valence-electron chi connectivity index (χ0n) is 43.0. The van der Waals surface area contributed by atoms with E-state index in [4.69, 9.17) is 0 Å². The van der Waals surface area contributed by atoms with Gasteiger partial charge >= 0.3 is 0 Å². The van der Waals surface area contributed by atoms with Crippen molar-refractivity contribution in [3.63, 3.8) is 0 Å². The summed E-state index contributed by atoms with van der Waals surface area (Å²) in [5.41, 5.74) is 5.58. The Bertz CT molecular complexity index is 3310. The van der Waals surface area contributed by atoms with E-state index >= 15 is 0 Å². The number of carbonyl (C=O) groups is 8. The van der Waals surface area contributed by atoms with E-state index in [2.05, 4.69) is 24.3 Å². The minimum atomic E-state index is -1.27. The lowest BCUT2D eigenvalue weighted by Crippen LogP contribution is -2.34. The van der Waals surface area contributed by atoms with E-state index in [1.807, 2.05) is 79.1 Å². The maximum absolute atomic E-state index is 13.5. The molecule has 0 saturated carbocycles. The summed E-state index contributed by atoms with van der Waals surface area (Å²) in [6, 6.07) is 45.0. The highest BCUT2D eigenvalue weighted by atomic mass is 32.2. The van der Waals surface area contributed by atoms with Gasteiger partial charge in [0.05, 0.1) is 50.7 Å². The highest BCUT2D eigenvalue weighted by Gasteiger charge is 2.43. The molecule has 0 bridgehead atoms. The number of nitrogens with zero attached hydrogens (tertiary/aromatic N) is 4. The summed E-state index contributed by atoms with van der Waals surface area (Å²) in [5.74, 6) is -2.97. The van der Waals surface area contributed by atoms with Crippen molar-refractivity contribution in [1.82, 2.24) is 0 Å². The van der Waals surface area contributed by atoms with Crippen LogP contribution >= 0.6 is 58.8 Å². The third-order valence-electron chi connectivity index (χ3n) is 14.1. The number of aliphatic hydroxyl groups is 2. The topological polar surface area (TPSA) is 190 Å². The SMILES string of the molecule is CSc1ccc(Sc2ccc(SC3CC(=O)N(c4ccc(Cc5ccc(N6C(=O)CC(SC[C@H](O)[C@H](O)CSC7CC(=O)N(c8ccc(Cc9ccc(N%10C(=O)CC(C)C%10=O)cc9)cc8)C7=O)C6=O)cc5)cc4)C3=O)cc2)cc1. The van der Waals surface area contributed by atoms with Crippen molar-refractivity contribution in [2.24, 2.45) is 5.92 Å². The van der Waals surface area contributed by atoms with Crippen molar-refractivity contribution in [2.75, 3.05) is 37.4 Å². The lowest BCUT2D eigenvalue weighted by molar-refractivity contribution is -0.123. The van der Waals surface area contributed by atoms with E-state index in [1.165, 1.54) is 26.5 Å². The van der Waals surface area contributed by atoms with Gasteiger partial charge in [0.25, 0.3) is 0 Å². The minimum Gasteiger partial charge on any atom is -0.390 e. The van der Waals surface area contributed by atoms with Gasteiger partial charge in [-0.15, -0.1) is 47.0 Å². The normalized spacial score (nSPS) is 20.4. The highest BCUT2D eigenvalue weighted by molar-refractivity contribution is 8.01. The Kier molecular flexibility index (Phi) is 17.3. The van der Waals surface area contributed by atoms with Crippen LogP contribution in [-0.2, 0) is 51.2 Å². The number of benzene rings is 6. The number of hydrogen-bond acceptors (Lipinski definition) is 15. The summed E-state index contributed by atoms with van der Waals surface area (Å²) in [5, 5.41) is 19.7. The molecule has 0 aromatic heterocycles. The van der Waals surface area contributed by atoms with Gasteiger partial charge in [0, 0.05) is 62.7 Å². The summed E-state index contributed by atoms with van der Waals surface area (Å²) >= 11 is 6.91. The molecule has 0 aliphatic carbocycles. The van der Waals surface area contributed by atoms with Crippen LogP contribution in [0, 0.1) is 5.92 Å². The molecule has 14 nitrogen and oxygen atoms in total. The molecule has 10 rings (SSSR count). The van der Waals surface area contributed by atoms with Gasteiger partial charge in [-0.1, -0.05) is 67.2 Å². The minimum absolute atomic E-state index is 0.0425. The summed E-state index contributed by atoms with van der Waals surface area (Å²) in [4.78, 5) is 114. The Labute approximate surface area is 478 Å². The van der Waals surface area contributed by atoms with E-state index in [0.29, 0.717) is 35.6 Å². The van der Waals surface area contributed by atoms with Crippen LogP contribution in [0.1, 0.15) is 54.9 Å². The van der Waals surface area contributed by atoms with Crippen LogP contribution in [0.25, 0.3) is 0 Å². The van der Waals surface area contributed by atoms with E-state index in [9.17, 15) is 48.6 Å². The first-order valence-electron chi connectivity index (χ1n) is 25.6. The number of carbonyl (C=O) groups excluding carboxylic acids is 8. The number of rotatable bonds is 20. The molecule has 4 saturated heterocycles. The number of thioether (sulfide) groups is 4. The molecular formula is C60H54N4O10S5. The highest BCUT2D eigenvalue weighted by Crippen LogP contribution is 2.38. The quantitative estimate of drug-likeness (QED) is 0.0543. The molecule has 4 unspecified atom stereocenters. The van der Waals surface area contributed by atoms with Crippen LogP contribution in [0.3, 0.4) is 0 Å².